The average molecular weight is 291 g/mol. The Hall–Kier alpha value is -2.75. The molecule has 108 valence electrons. The van der Waals surface area contributed by atoms with E-state index in [9.17, 15) is 18.4 Å². The molecule has 0 N–H and O–H groups in total. The molecule has 0 radical (unpaired) electrons. The van der Waals surface area contributed by atoms with Crippen molar-refractivity contribution < 1.29 is 8.78 Å². The maximum atomic E-state index is 13.7. The third-order valence-corrected chi connectivity index (χ3v) is 3.06. The molecule has 0 saturated carbocycles. The Labute approximate surface area is 118 Å². The van der Waals surface area contributed by atoms with E-state index < -0.39 is 29.4 Å². The molecule has 0 bridgehead atoms. The van der Waals surface area contributed by atoms with Crippen LogP contribution in [-0.4, -0.2) is 9.13 Å². The van der Waals surface area contributed by atoms with Crippen LogP contribution >= 0.6 is 0 Å². The summed E-state index contributed by atoms with van der Waals surface area (Å²) in [7, 11) is 0. The summed E-state index contributed by atoms with van der Waals surface area (Å²) in [6.45, 7) is 1.48. The molecule has 0 unspecified atom stereocenters. The standard InChI is InChI=1S/C14H11F2N3O2/c1-2-18-7-10(6-17)13(20)19(14(18)21)8-9-4-3-5-11(15)12(9)16/h3-5,7H,2,8H2,1H3. The molecule has 0 atom stereocenters. The summed E-state index contributed by atoms with van der Waals surface area (Å²) in [4.78, 5) is 24.1. The van der Waals surface area contributed by atoms with Gasteiger partial charge < -0.3 is 0 Å². The van der Waals surface area contributed by atoms with Gasteiger partial charge in [0.2, 0.25) is 0 Å². The Balaban J connectivity index is 2.65. The lowest BCUT2D eigenvalue weighted by molar-refractivity contribution is 0.490. The third-order valence-electron chi connectivity index (χ3n) is 3.06. The monoisotopic (exact) mass is 291 g/mol. The molecule has 2 aromatic rings. The molecule has 1 aromatic heterocycles. The SMILES string of the molecule is CCn1cc(C#N)c(=O)n(Cc2cccc(F)c2F)c1=O. The highest BCUT2D eigenvalue weighted by atomic mass is 19.2. The number of rotatable bonds is 3. The van der Waals surface area contributed by atoms with Crippen molar-refractivity contribution in [1.82, 2.24) is 9.13 Å². The molecule has 2 rings (SSSR count). The maximum absolute atomic E-state index is 13.7. The van der Waals surface area contributed by atoms with Crippen LogP contribution in [-0.2, 0) is 13.1 Å². The van der Waals surface area contributed by atoms with Gasteiger partial charge in [-0.05, 0) is 13.0 Å². The van der Waals surface area contributed by atoms with Crippen molar-refractivity contribution in [3.05, 3.63) is 68.0 Å². The highest BCUT2D eigenvalue weighted by Crippen LogP contribution is 2.11. The Kier molecular flexibility index (Phi) is 3.98. The number of aryl methyl sites for hydroxylation is 1. The fourth-order valence-electron chi connectivity index (χ4n) is 1.94. The molecule has 0 saturated heterocycles. The van der Waals surface area contributed by atoms with Crippen LogP contribution in [0.5, 0.6) is 0 Å². The Morgan fingerprint density at radius 1 is 1.29 bits per heavy atom. The summed E-state index contributed by atoms with van der Waals surface area (Å²) in [6, 6.07) is 5.19. The molecule has 1 aromatic carbocycles. The molecule has 5 nitrogen and oxygen atoms in total. The summed E-state index contributed by atoms with van der Waals surface area (Å²) in [5, 5.41) is 8.91. The van der Waals surface area contributed by atoms with Gasteiger partial charge in [0.1, 0.15) is 11.6 Å². The molecule has 0 aliphatic rings. The van der Waals surface area contributed by atoms with Gasteiger partial charge in [-0.1, -0.05) is 12.1 Å². The van der Waals surface area contributed by atoms with Gasteiger partial charge in [-0.3, -0.25) is 13.9 Å². The molecular formula is C14H11F2N3O2. The van der Waals surface area contributed by atoms with E-state index >= 15 is 0 Å². The smallest absolute Gasteiger partial charge is 0.299 e. The first kappa shape index (κ1) is 14.7. The predicted octanol–water partition coefficient (Wildman–Crippen LogP) is 1.23. The zero-order valence-corrected chi connectivity index (χ0v) is 11.1. The lowest BCUT2D eigenvalue weighted by atomic mass is 10.2. The number of halogens is 2. The first-order valence-corrected chi connectivity index (χ1v) is 6.16. The van der Waals surface area contributed by atoms with Crippen molar-refractivity contribution >= 4 is 0 Å². The lowest BCUT2D eigenvalue weighted by Crippen LogP contribution is -2.41. The second-order valence-electron chi connectivity index (χ2n) is 4.33. The van der Waals surface area contributed by atoms with Crippen molar-refractivity contribution in [2.75, 3.05) is 0 Å². The molecule has 0 fully saturated rings. The minimum Gasteiger partial charge on any atom is -0.299 e. The Morgan fingerprint density at radius 2 is 2.00 bits per heavy atom. The summed E-state index contributed by atoms with van der Waals surface area (Å²) >= 11 is 0. The van der Waals surface area contributed by atoms with Crippen LogP contribution in [0, 0.1) is 23.0 Å². The third kappa shape index (κ3) is 2.60. The molecule has 0 amide bonds. The van der Waals surface area contributed by atoms with Crippen LogP contribution in [0.2, 0.25) is 0 Å². The van der Waals surface area contributed by atoms with Crippen molar-refractivity contribution in [2.24, 2.45) is 0 Å². The van der Waals surface area contributed by atoms with Crippen LogP contribution in [0.25, 0.3) is 0 Å². The predicted molar refractivity (Wildman–Crippen MR) is 70.8 cm³/mol. The average Bonchev–Trinajstić information content (AvgIpc) is 2.48. The van der Waals surface area contributed by atoms with Gasteiger partial charge in [0, 0.05) is 18.3 Å². The van der Waals surface area contributed by atoms with Gasteiger partial charge in [0.05, 0.1) is 6.54 Å². The fraction of sp³-hybridized carbons (Fsp3) is 0.214. The Bertz CT molecular complexity index is 847. The number of aromatic nitrogens is 2. The van der Waals surface area contributed by atoms with E-state index in [2.05, 4.69) is 0 Å². The fourth-order valence-corrected chi connectivity index (χ4v) is 1.94. The van der Waals surface area contributed by atoms with Gasteiger partial charge >= 0.3 is 5.69 Å². The van der Waals surface area contributed by atoms with Crippen LogP contribution in [0.4, 0.5) is 8.78 Å². The van der Waals surface area contributed by atoms with Crippen LogP contribution in [0.3, 0.4) is 0 Å². The van der Waals surface area contributed by atoms with Gasteiger partial charge in [-0.15, -0.1) is 0 Å². The van der Waals surface area contributed by atoms with Crippen LogP contribution in [0.15, 0.2) is 34.0 Å². The maximum Gasteiger partial charge on any atom is 0.331 e. The Morgan fingerprint density at radius 3 is 2.62 bits per heavy atom. The van der Waals surface area contributed by atoms with E-state index in [1.165, 1.54) is 12.1 Å². The van der Waals surface area contributed by atoms with Crippen LogP contribution in [0.1, 0.15) is 18.1 Å². The first-order valence-electron chi connectivity index (χ1n) is 6.16. The van der Waals surface area contributed by atoms with E-state index in [0.29, 0.717) is 0 Å². The summed E-state index contributed by atoms with van der Waals surface area (Å²) in [5.41, 5.74) is -1.86. The molecule has 0 spiro atoms. The zero-order chi connectivity index (χ0) is 15.6. The highest BCUT2D eigenvalue weighted by Gasteiger charge is 2.14. The zero-order valence-electron chi connectivity index (χ0n) is 11.1. The molecular weight excluding hydrogens is 280 g/mol. The quantitative estimate of drug-likeness (QED) is 0.854. The number of nitrogens with zero attached hydrogens (tertiary/aromatic N) is 3. The molecule has 0 aliphatic heterocycles. The largest absolute Gasteiger partial charge is 0.331 e. The highest BCUT2D eigenvalue weighted by molar-refractivity contribution is 5.24. The minimum absolute atomic E-state index is 0.132. The topological polar surface area (TPSA) is 67.8 Å². The second-order valence-corrected chi connectivity index (χ2v) is 4.33. The first-order chi connectivity index (χ1) is 9.99. The minimum atomic E-state index is -1.12. The molecule has 21 heavy (non-hydrogen) atoms. The number of benzene rings is 1. The second kappa shape index (κ2) is 5.71. The van der Waals surface area contributed by atoms with E-state index in [1.54, 1.807) is 13.0 Å². The lowest BCUT2D eigenvalue weighted by Gasteiger charge is -2.10. The van der Waals surface area contributed by atoms with E-state index in [0.717, 1.165) is 21.4 Å². The number of hydrogen-bond donors (Lipinski definition) is 0. The van der Waals surface area contributed by atoms with Crippen molar-refractivity contribution in [3.8, 4) is 6.07 Å². The van der Waals surface area contributed by atoms with E-state index in [4.69, 9.17) is 5.26 Å². The number of nitriles is 1. The molecule has 1 heterocycles. The summed E-state index contributed by atoms with van der Waals surface area (Å²) in [5.74, 6) is -2.18. The van der Waals surface area contributed by atoms with Gasteiger partial charge in [0.15, 0.2) is 11.6 Å². The molecule has 0 aliphatic carbocycles. The van der Waals surface area contributed by atoms with E-state index in [1.807, 2.05) is 0 Å². The van der Waals surface area contributed by atoms with E-state index in [-0.39, 0.29) is 17.7 Å². The summed E-state index contributed by atoms with van der Waals surface area (Å²) < 4.78 is 28.7. The molecule has 7 heteroatoms. The van der Waals surface area contributed by atoms with Crippen molar-refractivity contribution in [2.45, 2.75) is 20.0 Å². The summed E-state index contributed by atoms with van der Waals surface area (Å²) in [6.07, 6.45) is 1.16. The normalized spacial score (nSPS) is 10.4. The van der Waals surface area contributed by atoms with Crippen molar-refractivity contribution in [1.29, 1.82) is 5.26 Å². The number of hydrogen-bond acceptors (Lipinski definition) is 3. The van der Waals surface area contributed by atoms with Crippen molar-refractivity contribution in [3.63, 3.8) is 0 Å². The van der Waals surface area contributed by atoms with Gasteiger partial charge in [0.25, 0.3) is 5.56 Å². The van der Waals surface area contributed by atoms with Gasteiger partial charge in [-0.25, -0.2) is 13.6 Å². The van der Waals surface area contributed by atoms with Crippen LogP contribution < -0.4 is 11.2 Å². The van der Waals surface area contributed by atoms with Gasteiger partial charge in [-0.2, -0.15) is 5.26 Å².